The maximum atomic E-state index is 14.5. The second-order valence-corrected chi connectivity index (χ2v) is 19.5. The lowest BCUT2D eigenvalue weighted by Gasteiger charge is -2.42. The molecule has 0 bridgehead atoms. The fourth-order valence-electron chi connectivity index (χ4n) is 9.52. The second-order valence-electron chi connectivity index (χ2n) is 19.5. The Morgan fingerprint density at radius 3 is 1.18 bits per heavy atom. The first-order valence-corrected chi connectivity index (χ1v) is 26.4. The lowest BCUT2D eigenvalue weighted by atomic mass is 9.77. The normalized spacial score (nSPS) is 16.0. The van der Waals surface area contributed by atoms with Crippen LogP contribution < -0.4 is 61.6 Å². The average molecular weight is 1240 g/mol. The van der Waals surface area contributed by atoms with Gasteiger partial charge in [0.1, 0.15) is 46.4 Å². The zero-order valence-corrected chi connectivity index (χ0v) is 49.4. The summed E-state index contributed by atoms with van der Waals surface area (Å²) in [6, 6.07) is 12.7. The van der Waals surface area contributed by atoms with Gasteiger partial charge in [0.05, 0.1) is 11.5 Å². The fraction of sp³-hybridized carbons (Fsp3) is 0.295. The molecule has 0 fully saturated rings. The number of ether oxygens (including phenoxy) is 15. The summed E-state index contributed by atoms with van der Waals surface area (Å²) >= 11 is 0. The molecule has 89 heavy (non-hydrogen) atoms. The highest BCUT2D eigenvalue weighted by Crippen LogP contribution is 2.60. The molecular weight excluding hydrogens is 1180 g/mol. The molecule has 28 nitrogen and oxygen atoms in total. The molecule has 0 saturated heterocycles. The molecule has 2 aliphatic rings. The summed E-state index contributed by atoms with van der Waals surface area (Å²) in [5.41, 5.74) is -1.44. The third-order valence-corrected chi connectivity index (χ3v) is 12.1. The molecule has 0 aliphatic carbocycles. The van der Waals surface area contributed by atoms with Gasteiger partial charge in [-0.15, -0.1) is 0 Å². The van der Waals surface area contributed by atoms with Crippen molar-refractivity contribution in [1.29, 1.82) is 0 Å². The lowest BCUT2D eigenvalue weighted by molar-refractivity contribution is -0.154. The number of benzene rings is 5. The standard InChI is InChI=1S/C61H54O28/c1-25(62)75-40-15-13-37(14-16-40)61(74)88-51-23-42-43(77-27(3)64)24-46(79-29(5)66)53(57(42)89-55(51)38-17-47(80-30(6)67)58(84-34(10)71)48(18-38)81-31(7)68)54-52-44(78-28(4)65)21-41(76-26(2)63)22-45(52)87-56(60(54)86-36(12)73)39-19-49(82-32(8)69)59(85-35(11)72)50(20-39)83-33(9)70/h13-22,24,51,54-56,60H,23H2,1-12H3. The summed E-state index contributed by atoms with van der Waals surface area (Å²) in [7, 11) is 0. The molecule has 5 aromatic rings. The van der Waals surface area contributed by atoms with E-state index in [0.29, 0.717) is 0 Å². The van der Waals surface area contributed by atoms with E-state index in [2.05, 4.69) is 0 Å². The van der Waals surface area contributed by atoms with Crippen LogP contribution in [0.2, 0.25) is 0 Å². The first-order chi connectivity index (χ1) is 41.8. The Balaban J connectivity index is 1.67. The van der Waals surface area contributed by atoms with E-state index in [9.17, 15) is 62.3 Å². The van der Waals surface area contributed by atoms with Crippen molar-refractivity contribution in [1.82, 2.24) is 0 Å². The van der Waals surface area contributed by atoms with Gasteiger partial charge >= 0.3 is 77.6 Å². The summed E-state index contributed by atoms with van der Waals surface area (Å²) < 4.78 is 87.2. The summed E-state index contributed by atoms with van der Waals surface area (Å²) in [5, 5.41) is 0. The van der Waals surface area contributed by atoms with Gasteiger partial charge in [-0.25, -0.2) is 4.79 Å². The molecule has 0 N–H and O–H groups in total. The van der Waals surface area contributed by atoms with Crippen LogP contribution in [0.15, 0.2) is 66.7 Å². The van der Waals surface area contributed by atoms with Crippen molar-refractivity contribution in [2.45, 2.75) is 120 Å². The molecule has 5 unspecified atom stereocenters. The summed E-state index contributed by atoms with van der Waals surface area (Å²) in [5.74, 6) is -20.6. The molecular formula is C61H54O28. The van der Waals surface area contributed by atoms with Gasteiger partial charge in [-0.3, -0.25) is 57.5 Å². The summed E-state index contributed by atoms with van der Waals surface area (Å²) in [6.07, 6.45) is -7.89. The highest BCUT2D eigenvalue weighted by molar-refractivity contribution is 5.90. The van der Waals surface area contributed by atoms with Crippen LogP contribution in [0.3, 0.4) is 0 Å². The Morgan fingerprint density at radius 1 is 0.360 bits per heavy atom. The topological polar surface area (TPSA) is 360 Å². The molecule has 466 valence electrons. The van der Waals surface area contributed by atoms with Crippen molar-refractivity contribution in [3.8, 4) is 74.7 Å². The van der Waals surface area contributed by atoms with Crippen molar-refractivity contribution >= 4 is 77.6 Å². The highest BCUT2D eigenvalue weighted by Gasteiger charge is 2.51. The zero-order valence-electron chi connectivity index (χ0n) is 49.4. The predicted octanol–water partition coefficient (Wildman–Crippen LogP) is 6.96. The number of carbonyl (C=O) groups excluding carboxylic acids is 13. The summed E-state index contributed by atoms with van der Waals surface area (Å²) in [4.78, 5) is 169. The van der Waals surface area contributed by atoms with Gasteiger partial charge in [-0.05, 0) is 48.5 Å². The van der Waals surface area contributed by atoms with Gasteiger partial charge in [-0.2, -0.15) is 0 Å². The minimum atomic E-state index is -1.96. The van der Waals surface area contributed by atoms with Crippen molar-refractivity contribution in [3.05, 3.63) is 100 Å². The minimum absolute atomic E-state index is 0.0463. The number of rotatable bonds is 17. The Morgan fingerprint density at radius 2 is 0.753 bits per heavy atom. The smallest absolute Gasteiger partial charge is 0.338 e. The molecule has 28 heteroatoms. The van der Waals surface area contributed by atoms with Crippen LogP contribution in [0, 0.1) is 0 Å². The van der Waals surface area contributed by atoms with Crippen LogP contribution in [-0.4, -0.2) is 89.8 Å². The van der Waals surface area contributed by atoms with Gasteiger partial charge in [0.15, 0.2) is 41.3 Å². The van der Waals surface area contributed by atoms with E-state index < -0.39 is 172 Å². The van der Waals surface area contributed by atoms with Crippen LogP contribution in [0.4, 0.5) is 0 Å². The number of carbonyl (C=O) groups is 13. The van der Waals surface area contributed by atoms with Crippen molar-refractivity contribution in [2.24, 2.45) is 0 Å². The van der Waals surface area contributed by atoms with E-state index in [1.807, 2.05) is 0 Å². The quantitative estimate of drug-likeness (QED) is 0.0670. The Hall–Kier alpha value is -11.2. The van der Waals surface area contributed by atoms with E-state index >= 15 is 0 Å². The van der Waals surface area contributed by atoms with Crippen LogP contribution >= 0.6 is 0 Å². The first kappa shape index (κ1) is 65.4. The summed E-state index contributed by atoms with van der Waals surface area (Å²) in [6.45, 7) is 12.1. The van der Waals surface area contributed by atoms with Gasteiger partial charge in [0.2, 0.25) is 11.5 Å². The molecule has 2 heterocycles. The van der Waals surface area contributed by atoms with Crippen molar-refractivity contribution < 1.29 is 133 Å². The van der Waals surface area contributed by atoms with E-state index in [1.54, 1.807) is 0 Å². The van der Waals surface area contributed by atoms with E-state index in [-0.39, 0.29) is 50.6 Å². The molecule has 0 amide bonds. The lowest BCUT2D eigenvalue weighted by Crippen LogP contribution is -2.40. The van der Waals surface area contributed by atoms with E-state index in [0.717, 1.165) is 126 Å². The molecule has 2 aliphatic heterocycles. The maximum Gasteiger partial charge on any atom is 0.338 e. The number of esters is 13. The zero-order chi connectivity index (χ0) is 65.5. The third kappa shape index (κ3) is 16.2. The number of hydrogen-bond donors (Lipinski definition) is 0. The Kier molecular flexibility index (Phi) is 20.2. The maximum absolute atomic E-state index is 14.5. The Bertz CT molecular complexity index is 3720. The number of hydrogen-bond acceptors (Lipinski definition) is 28. The largest absolute Gasteiger partial charge is 0.481 e. The van der Waals surface area contributed by atoms with Crippen LogP contribution in [-0.2, 0) is 73.4 Å². The monoisotopic (exact) mass is 1230 g/mol. The van der Waals surface area contributed by atoms with Crippen LogP contribution in [0.1, 0.15) is 139 Å². The third-order valence-electron chi connectivity index (χ3n) is 12.1. The van der Waals surface area contributed by atoms with Crippen LogP contribution in [0.5, 0.6) is 74.7 Å². The molecule has 0 spiro atoms. The van der Waals surface area contributed by atoms with Crippen molar-refractivity contribution in [2.75, 3.05) is 0 Å². The molecule has 5 atom stereocenters. The van der Waals surface area contributed by atoms with Gasteiger partial charge in [0, 0.05) is 136 Å². The fourth-order valence-corrected chi connectivity index (χ4v) is 9.52. The van der Waals surface area contributed by atoms with E-state index in [4.69, 9.17) is 71.1 Å². The van der Waals surface area contributed by atoms with Gasteiger partial charge in [-0.1, -0.05) is 0 Å². The average Bonchev–Trinajstić information content (AvgIpc) is 0.725. The minimum Gasteiger partial charge on any atom is -0.481 e. The molecule has 0 aromatic heterocycles. The molecule has 0 saturated carbocycles. The molecule has 5 aromatic carbocycles. The molecule has 7 rings (SSSR count). The Labute approximate surface area is 504 Å². The van der Waals surface area contributed by atoms with Crippen LogP contribution in [0.25, 0.3) is 0 Å². The van der Waals surface area contributed by atoms with Gasteiger partial charge in [0.25, 0.3) is 0 Å². The molecule has 0 radical (unpaired) electrons. The second kappa shape index (κ2) is 27.5. The first-order valence-electron chi connectivity index (χ1n) is 26.4. The van der Waals surface area contributed by atoms with E-state index in [1.165, 1.54) is 24.3 Å². The van der Waals surface area contributed by atoms with Crippen molar-refractivity contribution in [3.63, 3.8) is 0 Å². The SMILES string of the molecule is CC(=O)Oc1ccc(C(=O)OC2Cc3c(OC(C)=O)cc(OC(C)=O)c(C4c5c(OC(C)=O)cc(OC(C)=O)cc5OC(c5cc(OC(C)=O)c(OC(C)=O)c(OC(C)=O)c5)C4OC(C)=O)c3OC2c2cc(OC(C)=O)c(OC(C)=O)c(OC(C)=O)c2)cc1. The number of fused-ring (bicyclic) bond motifs is 2. The predicted molar refractivity (Wildman–Crippen MR) is 294 cm³/mol. The van der Waals surface area contributed by atoms with Gasteiger partial charge < -0.3 is 71.1 Å². The highest BCUT2D eigenvalue weighted by atomic mass is 16.6.